The summed E-state index contributed by atoms with van der Waals surface area (Å²) >= 11 is 0.956. The maximum Gasteiger partial charge on any atom is 0.126 e. The first-order valence-electron chi connectivity index (χ1n) is 6.34. The van der Waals surface area contributed by atoms with E-state index in [1.807, 2.05) is 0 Å². The number of nitrogens with one attached hydrogen (secondary N) is 1. The van der Waals surface area contributed by atoms with Gasteiger partial charge in [-0.2, -0.15) is 10.5 Å². The van der Waals surface area contributed by atoms with E-state index in [9.17, 15) is 10.5 Å². The van der Waals surface area contributed by atoms with E-state index in [1.54, 1.807) is 18.2 Å². The first kappa shape index (κ1) is 15.7. The molecule has 0 saturated carbocycles. The van der Waals surface area contributed by atoms with Crippen molar-refractivity contribution in [1.82, 2.24) is 0 Å². The molecule has 7 heteroatoms. The molecule has 2 rings (SSSR count). The van der Waals surface area contributed by atoms with Crippen molar-refractivity contribution in [3.63, 3.8) is 0 Å². The molecule has 0 fully saturated rings. The second-order valence-electron chi connectivity index (χ2n) is 4.55. The first-order chi connectivity index (χ1) is 10.6. The fourth-order valence-corrected chi connectivity index (χ4v) is 3.21. The highest BCUT2D eigenvalue weighted by molar-refractivity contribution is 8.17. The molecule has 112 valence electrons. The number of nitriles is 2. The van der Waals surface area contributed by atoms with Gasteiger partial charge >= 0.3 is 0 Å². The largest absolute Gasteiger partial charge is 0.497 e. The predicted octanol–water partition coefficient (Wildman–Crippen LogP) is 2.35. The third kappa shape index (κ3) is 2.59. The van der Waals surface area contributed by atoms with Gasteiger partial charge in [-0.3, -0.25) is 5.41 Å². The summed E-state index contributed by atoms with van der Waals surface area (Å²) in [7, 11) is 3.04. The van der Waals surface area contributed by atoms with Crippen molar-refractivity contribution in [2.24, 2.45) is 11.7 Å². The van der Waals surface area contributed by atoms with Crippen molar-refractivity contribution < 1.29 is 9.47 Å². The minimum atomic E-state index is -0.769. The molecule has 0 bridgehead atoms. The number of benzene rings is 1. The van der Waals surface area contributed by atoms with Crippen LogP contribution in [-0.2, 0) is 0 Å². The normalized spacial score (nSPS) is 21.0. The number of rotatable bonds is 3. The van der Waals surface area contributed by atoms with Crippen molar-refractivity contribution in [3.05, 3.63) is 34.4 Å². The Balaban J connectivity index is 2.66. The molecule has 1 aliphatic rings. The minimum absolute atomic E-state index is 0.127. The van der Waals surface area contributed by atoms with E-state index in [-0.39, 0.29) is 15.6 Å². The molecular weight excluding hydrogens is 300 g/mol. The molecule has 0 aliphatic carbocycles. The number of thioether (sulfide) groups is 1. The fourth-order valence-electron chi connectivity index (χ4n) is 2.38. The number of hydrogen-bond donors (Lipinski definition) is 2. The molecule has 2 atom stereocenters. The summed E-state index contributed by atoms with van der Waals surface area (Å²) in [5.41, 5.74) is 6.80. The highest BCUT2D eigenvalue weighted by atomic mass is 32.2. The summed E-state index contributed by atoms with van der Waals surface area (Å²) in [5.74, 6) is -0.298. The molecule has 1 aliphatic heterocycles. The standard InChI is InChI=1S/C15H14N4O2S/c1-20-8-3-4-9(12(5-8)21-2)13-10(6-16)14(18)22-15(19)11(13)7-17/h3-5,10,13,18H,19H2,1-2H3/t10-,13+/m0/s1. The van der Waals surface area contributed by atoms with Gasteiger partial charge in [0.25, 0.3) is 0 Å². The maximum atomic E-state index is 9.41. The van der Waals surface area contributed by atoms with E-state index in [2.05, 4.69) is 12.1 Å². The van der Waals surface area contributed by atoms with Crippen LogP contribution >= 0.6 is 11.8 Å². The van der Waals surface area contributed by atoms with Crippen LogP contribution in [0.1, 0.15) is 11.5 Å². The topological polar surface area (TPSA) is 116 Å². The Morgan fingerprint density at radius 1 is 1.27 bits per heavy atom. The summed E-state index contributed by atoms with van der Waals surface area (Å²) < 4.78 is 10.5. The molecular formula is C15H14N4O2S. The number of nitrogens with zero attached hydrogens (tertiary/aromatic N) is 2. The van der Waals surface area contributed by atoms with Gasteiger partial charge in [-0.05, 0) is 6.07 Å². The Hall–Kier alpha value is -2.64. The Morgan fingerprint density at radius 3 is 2.55 bits per heavy atom. The van der Waals surface area contributed by atoms with Crippen LogP contribution in [0.3, 0.4) is 0 Å². The Kier molecular flexibility index (Phi) is 4.59. The quantitative estimate of drug-likeness (QED) is 0.884. The van der Waals surface area contributed by atoms with E-state index in [0.717, 1.165) is 11.8 Å². The van der Waals surface area contributed by atoms with Gasteiger partial charge in [0.15, 0.2) is 0 Å². The predicted molar refractivity (Wildman–Crippen MR) is 83.5 cm³/mol. The molecule has 0 aromatic heterocycles. The van der Waals surface area contributed by atoms with Crippen molar-refractivity contribution >= 4 is 16.8 Å². The summed E-state index contributed by atoms with van der Waals surface area (Å²) in [6.07, 6.45) is 0. The average Bonchev–Trinajstić information content (AvgIpc) is 2.53. The highest BCUT2D eigenvalue weighted by Crippen LogP contribution is 2.45. The molecule has 0 amide bonds. The van der Waals surface area contributed by atoms with E-state index < -0.39 is 11.8 Å². The van der Waals surface area contributed by atoms with Crippen LogP contribution < -0.4 is 15.2 Å². The molecule has 1 heterocycles. The van der Waals surface area contributed by atoms with E-state index >= 15 is 0 Å². The summed E-state index contributed by atoms with van der Waals surface area (Å²) in [6.45, 7) is 0. The minimum Gasteiger partial charge on any atom is -0.497 e. The Labute approximate surface area is 132 Å². The van der Waals surface area contributed by atoms with Crippen LogP contribution in [-0.4, -0.2) is 19.3 Å². The van der Waals surface area contributed by atoms with Gasteiger partial charge in [0.1, 0.15) is 17.4 Å². The molecule has 6 nitrogen and oxygen atoms in total. The lowest BCUT2D eigenvalue weighted by Crippen LogP contribution is -2.27. The van der Waals surface area contributed by atoms with Crippen LogP contribution in [0.15, 0.2) is 28.8 Å². The third-order valence-electron chi connectivity index (χ3n) is 3.45. The molecule has 0 radical (unpaired) electrons. The monoisotopic (exact) mass is 314 g/mol. The van der Waals surface area contributed by atoms with Crippen LogP contribution in [0.2, 0.25) is 0 Å². The lowest BCUT2D eigenvalue weighted by Gasteiger charge is -2.28. The van der Waals surface area contributed by atoms with E-state index in [1.165, 1.54) is 14.2 Å². The van der Waals surface area contributed by atoms with Crippen LogP contribution in [0.25, 0.3) is 0 Å². The van der Waals surface area contributed by atoms with Gasteiger partial charge in [0.2, 0.25) is 0 Å². The zero-order valence-electron chi connectivity index (χ0n) is 12.1. The van der Waals surface area contributed by atoms with Gasteiger partial charge in [0, 0.05) is 17.5 Å². The van der Waals surface area contributed by atoms with Gasteiger partial charge in [-0.15, -0.1) is 0 Å². The maximum absolute atomic E-state index is 9.41. The molecule has 22 heavy (non-hydrogen) atoms. The highest BCUT2D eigenvalue weighted by Gasteiger charge is 2.38. The van der Waals surface area contributed by atoms with Gasteiger partial charge in [-0.25, -0.2) is 0 Å². The van der Waals surface area contributed by atoms with Crippen LogP contribution in [0.4, 0.5) is 0 Å². The van der Waals surface area contributed by atoms with Gasteiger partial charge in [-0.1, -0.05) is 17.8 Å². The lowest BCUT2D eigenvalue weighted by molar-refractivity contribution is 0.389. The molecule has 0 unspecified atom stereocenters. The molecule has 0 saturated heterocycles. The van der Waals surface area contributed by atoms with Crippen molar-refractivity contribution in [2.75, 3.05) is 14.2 Å². The number of ether oxygens (including phenoxy) is 2. The zero-order chi connectivity index (χ0) is 16.3. The second kappa shape index (κ2) is 6.42. The van der Waals surface area contributed by atoms with Crippen molar-refractivity contribution in [1.29, 1.82) is 15.9 Å². The SMILES string of the molecule is COc1ccc([C@H]2C(C#N)=C(N)SC(=N)[C@H]2C#N)c(OC)c1. The molecule has 1 aromatic rings. The summed E-state index contributed by atoms with van der Waals surface area (Å²) in [6, 6.07) is 9.30. The number of methoxy groups -OCH3 is 2. The zero-order valence-corrected chi connectivity index (χ0v) is 12.9. The number of allylic oxidation sites excluding steroid dienone is 1. The second-order valence-corrected chi connectivity index (χ2v) is 5.63. The van der Waals surface area contributed by atoms with Crippen LogP contribution in [0.5, 0.6) is 11.5 Å². The van der Waals surface area contributed by atoms with E-state index in [4.69, 9.17) is 20.6 Å². The number of hydrogen-bond acceptors (Lipinski definition) is 7. The average molecular weight is 314 g/mol. The summed E-state index contributed by atoms with van der Waals surface area (Å²) in [5, 5.41) is 27.2. The summed E-state index contributed by atoms with van der Waals surface area (Å²) in [4.78, 5) is 0. The molecule has 0 spiro atoms. The smallest absolute Gasteiger partial charge is 0.126 e. The molecule has 3 N–H and O–H groups in total. The van der Waals surface area contributed by atoms with Crippen molar-refractivity contribution in [2.45, 2.75) is 5.92 Å². The number of nitrogens with two attached hydrogens (primary N) is 1. The van der Waals surface area contributed by atoms with Crippen LogP contribution in [0, 0.1) is 34.0 Å². The fraction of sp³-hybridized carbons (Fsp3) is 0.267. The Morgan fingerprint density at radius 2 is 2.00 bits per heavy atom. The van der Waals surface area contributed by atoms with Gasteiger partial charge in [0.05, 0.1) is 42.0 Å². The third-order valence-corrected chi connectivity index (χ3v) is 4.36. The van der Waals surface area contributed by atoms with Gasteiger partial charge < -0.3 is 15.2 Å². The molecule has 1 aromatic carbocycles. The first-order valence-corrected chi connectivity index (χ1v) is 7.16. The lowest BCUT2D eigenvalue weighted by atomic mass is 9.81. The Bertz CT molecular complexity index is 730. The van der Waals surface area contributed by atoms with Crippen molar-refractivity contribution in [3.8, 4) is 23.6 Å². The van der Waals surface area contributed by atoms with E-state index in [0.29, 0.717) is 17.1 Å².